The molecule has 1 aromatic carbocycles. The van der Waals surface area contributed by atoms with E-state index in [2.05, 4.69) is 24.1 Å². The lowest BCUT2D eigenvalue weighted by Crippen LogP contribution is -2.41. The van der Waals surface area contributed by atoms with E-state index >= 15 is 0 Å². The Labute approximate surface area is 126 Å². The number of H-pyrrole nitrogens is 1. The molecule has 1 heterocycles. The molecule has 0 amide bonds. The normalized spacial score (nSPS) is 19.6. The molecule has 0 spiro atoms. The second-order valence-electron chi connectivity index (χ2n) is 6.31. The van der Waals surface area contributed by atoms with Crippen molar-refractivity contribution in [2.45, 2.75) is 64.5 Å². The number of fused-ring (bicyclic) bond motifs is 3. The van der Waals surface area contributed by atoms with Crippen LogP contribution in [0.25, 0.3) is 10.9 Å². The second-order valence-corrected chi connectivity index (χ2v) is 6.31. The van der Waals surface area contributed by atoms with Crippen LogP contribution in [0.4, 0.5) is 0 Å². The molecular formula is C18H26N2O. The summed E-state index contributed by atoms with van der Waals surface area (Å²) in [5.41, 5.74) is 3.91. The van der Waals surface area contributed by atoms with Crippen molar-refractivity contribution in [2.24, 2.45) is 0 Å². The van der Waals surface area contributed by atoms with Crippen LogP contribution in [0.5, 0.6) is 5.75 Å². The summed E-state index contributed by atoms with van der Waals surface area (Å²) in [4.78, 5) is 3.52. The van der Waals surface area contributed by atoms with Gasteiger partial charge in [-0.25, -0.2) is 0 Å². The van der Waals surface area contributed by atoms with E-state index in [0.717, 1.165) is 18.4 Å². The van der Waals surface area contributed by atoms with Gasteiger partial charge in [0.05, 0.1) is 0 Å². The van der Waals surface area contributed by atoms with E-state index in [1.165, 1.54) is 42.3 Å². The van der Waals surface area contributed by atoms with Gasteiger partial charge in [0.2, 0.25) is 0 Å². The third-order valence-electron chi connectivity index (χ3n) is 4.77. The molecule has 0 aliphatic heterocycles. The van der Waals surface area contributed by atoms with Crippen molar-refractivity contribution in [2.75, 3.05) is 0 Å². The molecule has 3 nitrogen and oxygen atoms in total. The Morgan fingerprint density at radius 1 is 1.38 bits per heavy atom. The predicted octanol–water partition coefficient (Wildman–Crippen LogP) is 3.90. The van der Waals surface area contributed by atoms with Gasteiger partial charge in [-0.2, -0.15) is 0 Å². The maximum atomic E-state index is 9.74. The molecule has 0 bridgehead atoms. The molecule has 3 heteroatoms. The highest BCUT2D eigenvalue weighted by Crippen LogP contribution is 2.31. The Morgan fingerprint density at radius 3 is 3.00 bits per heavy atom. The van der Waals surface area contributed by atoms with E-state index in [9.17, 15) is 5.11 Å². The summed E-state index contributed by atoms with van der Waals surface area (Å²) in [6, 6.07) is 6.85. The highest BCUT2D eigenvalue weighted by molar-refractivity contribution is 5.86. The monoisotopic (exact) mass is 286 g/mol. The summed E-state index contributed by atoms with van der Waals surface area (Å²) in [6.45, 7) is 4.52. The first-order chi connectivity index (χ1) is 10.2. The quantitative estimate of drug-likeness (QED) is 0.780. The Morgan fingerprint density at radius 2 is 2.24 bits per heavy atom. The van der Waals surface area contributed by atoms with Crippen LogP contribution in [-0.2, 0) is 12.8 Å². The van der Waals surface area contributed by atoms with Gasteiger partial charge in [0, 0.05) is 28.7 Å². The lowest BCUT2D eigenvalue weighted by atomic mass is 9.90. The average molecular weight is 286 g/mol. The minimum atomic E-state index is 0.358. The van der Waals surface area contributed by atoms with E-state index in [0.29, 0.717) is 17.8 Å². The lowest BCUT2D eigenvalue weighted by Gasteiger charge is -2.28. The van der Waals surface area contributed by atoms with Gasteiger partial charge >= 0.3 is 0 Å². The summed E-state index contributed by atoms with van der Waals surface area (Å²) >= 11 is 0. The number of aromatic amines is 1. The minimum Gasteiger partial charge on any atom is -0.508 e. The van der Waals surface area contributed by atoms with Gasteiger partial charge in [-0.05, 0) is 55.9 Å². The Balaban J connectivity index is 1.81. The van der Waals surface area contributed by atoms with Gasteiger partial charge in [-0.15, -0.1) is 0 Å². The molecule has 3 rings (SSSR count). The maximum absolute atomic E-state index is 9.74. The Kier molecular flexibility index (Phi) is 4.20. The number of benzene rings is 1. The summed E-state index contributed by atoms with van der Waals surface area (Å²) in [5.74, 6) is 0.358. The highest BCUT2D eigenvalue weighted by atomic mass is 16.3. The zero-order valence-corrected chi connectivity index (χ0v) is 13.1. The molecule has 0 fully saturated rings. The van der Waals surface area contributed by atoms with Crippen molar-refractivity contribution < 1.29 is 5.11 Å². The number of phenolic OH excluding ortho intramolecular Hbond substituents is 1. The van der Waals surface area contributed by atoms with E-state index in [1.54, 1.807) is 6.07 Å². The maximum Gasteiger partial charge on any atom is 0.116 e. The van der Waals surface area contributed by atoms with Gasteiger partial charge < -0.3 is 15.4 Å². The van der Waals surface area contributed by atoms with Crippen molar-refractivity contribution in [1.29, 1.82) is 0 Å². The first kappa shape index (κ1) is 14.5. The molecular weight excluding hydrogens is 260 g/mol. The number of nitrogens with one attached hydrogen (secondary N) is 2. The summed E-state index contributed by atoms with van der Waals surface area (Å²) < 4.78 is 0. The van der Waals surface area contributed by atoms with Crippen LogP contribution in [0, 0.1) is 0 Å². The number of hydrogen-bond acceptors (Lipinski definition) is 2. The fourth-order valence-corrected chi connectivity index (χ4v) is 3.63. The number of rotatable bonds is 5. The van der Waals surface area contributed by atoms with Gasteiger partial charge in [0.25, 0.3) is 0 Å². The third kappa shape index (κ3) is 2.93. The second kappa shape index (κ2) is 6.10. The van der Waals surface area contributed by atoms with Crippen molar-refractivity contribution >= 4 is 10.9 Å². The molecule has 0 radical (unpaired) electrons. The molecule has 2 atom stereocenters. The van der Waals surface area contributed by atoms with Gasteiger partial charge in [-0.3, -0.25) is 0 Å². The standard InChI is InChI=1S/C18H26N2O/c1-3-5-12(4-2)19-13-6-8-17-15(10-13)16-11-14(21)7-9-18(16)20-17/h7,9,11-13,19-21H,3-6,8,10H2,1-2H3. The van der Waals surface area contributed by atoms with E-state index < -0.39 is 0 Å². The zero-order chi connectivity index (χ0) is 14.8. The van der Waals surface area contributed by atoms with E-state index in [4.69, 9.17) is 0 Å². The summed E-state index contributed by atoms with van der Waals surface area (Å²) in [7, 11) is 0. The molecule has 21 heavy (non-hydrogen) atoms. The fourth-order valence-electron chi connectivity index (χ4n) is 3.63. The van der Waals surface area contributed by atoms with Gasteiger partial charge in [0.15, 0.2) is 0 Å². The Bertz CT molecular complexity index is 617. The third-order valence-corrected chi connectivity index (χ3v) is 4.77. The predicted molar refractivity (Wildman–Crippen MR) is 87.9 cm³/mol. The van der Waals surface area contributed by atoms with Crippen LogP contribution in [-0.4, -0.2) is 22.2 Å². The molecule has 114 valence electrons. The number of aryl methyl sites for hydroxylation is 1. The minimum absolute atomic E-state index is 0.358. The van der Waals surface area contributed by atoms with Crippen molar-refractivity contribution in [3.8, 4) is 5.75 Å². The molecule has 3 N–H and O–H groups in total. The fraction of sp³-hybridized carbons (Fsp3) is 0.556. The van der Waals surface area contributed by atoms with E-state index in [1.807, 2.05) is 12.1 Å². The molecule has 0 saturated carbocycles. The molecule has 2 aromatic rings. The van der Waals surface area contributed by atoms with Gasteiger partial charge in [-0.1, -0.05) is 20.3 Å². The molecule has 1 aliphatic rings. The largest absolute Gasteiger partial charge is 0.508 e. The van der Waals surface area contributed by atoms with Crippen molar-refractivity contribution in [3.63, 3.8) is 0 Å². The SMILES string of the molecule is CCCC(CC)NC1CCc2[nH]c3ccc(O)cc3c2C1. The first-order valence-electron chi connectivity index (χ1n) is 8.29. The van der Waals surface area contributed by atoms with Crippen LogP contribution >= 0.6 is 0 Å². The van der Waals surface area contributed by atoms with Crippen molar-refractivity contribution in [3.05, 3.63) is 29.5 Å². The molecule has 1 aromatic heterocycles. The molecule has 2 unspecified atom stereocenters. The average Bonchev–Trinajstić information content (AvgIpc) is 2.84. The Hall–Kier alpha value is -1.48. The summed E-state index contributed by atoms with van der Waals surface area (Å²) in [5, 5.41) is 14.8. The molecule has 1 aliphatic carbocycles. The van der Waals surface area contributed by atoms with Crippen LogP contribution in [0.1, 0.15) is 50.8 Å². The smallest absolute Gasteiger partial charge is 0.116 e. The topological polar surface area (TPSA) is 48.0 Å². The van der Waals surface area contributed by atoms with Crippen LogP contribution < -0.4 is 5.32 Å². The zero-order valence-electron chi connectivity index (χ0n) is 13.1. The first-order valence-corrected chi connectivity index (χ1v) is 8.29. The van der Waals surface area contributed by atoms with Gasteiger partial charge in [0.1, 0.15) is 5.75 Å². The van der Waals surface area contributed by atoms with Crippen LogP contribution in [0.15, 0.2) is 18.2 Å². The molecule has 0 saturated heterocycles. The number of hydrogen-bond donors (Lipinski definition) is 3. The number of aromatic nitrogens is 1. The lowest BCUT2D eigenvalue weighted by molar-refractivity contribution is 0.368. The highest BCUT2D eigenvalue weighted by Gasteiger charge is 2.23. The van der Waals surface area contributed by atoms with Crippen LogP contribution in [0.3, 0.4) is 0 Å². The summed E-state index contributed by atoms with van der Waals surface area (Å²) in [6.07, 6.45) is 7.07. The van der Waals surface area contributed by atoms with Crippen LogP contribution in [0.2, 0.25) is 0 Å². The number of phenols is 1. The van der Waals surface area contributed by atoms with Crippen molar-refractivity contribution in [1.82, 2.24) is 10.3 Å². The number of aromatic hydroxyl groups is 1. The van der Waals surface area contributed by atoms with E-state index in [-0.39, 0.29) is 0 Å².